The summed E-state index contributed by atoms with van der Waals surface area (Å²) in [5.41, 5.74) is 0. The van der Waals surface area contributed by atoms with Crippen LogP contribution in [0.1, 0.15) is 13.3 Å². The largest absolute Gasteiger partial charge is 0.481 e. The molecule has 0 aliphatic heterocycles. The van der Waals surface area contributed by atoms with E-state index in [1.54, 1.807) is 30.1 Å². The second-order valence-electron chi connectivity index (χ2n) is 3.85. The number of nitrogens with zero attached hydrogens (tertiary/aromatic N) is 2. The first-order valence-corrected chi connectivity index (χ1v) is 5.85. The predicted molar refractivity (Wildman–Crippen MR) is 65.0 cm³/mol. The summed E-state index contributed by atoms with van der Waals surface area (Å²) >= 11 is 0. The van der Waals surface area contributed by atoms with E-state index in [2.05, 4.69) is 15.7 Å². The van der Waals surface area contributed by atoms with E-state index in [4.69, 9.17) is 5.11 Å². The molecular formula is C11H18N4O3. The Hall–Kier alpha value is -2.05. The molecule has 100 valence electrons. The molecule has 18 heavy (non-hydrogen) atoms. The number of urea groups is 1. The predicted octanol–water partition coefficient (Wildman–Crippen LogP) is 0.293. The van der Waals surface area contributed by atoms with Gasteiger partial charge < -0.3 is 15.7 Å². The number of aromatic nitrogens is 2. The number of hydrogen-bond donors (Lipinski definition) is 3. The first-order valence-electron chi connectivity index (χ1n) is 5.85. The summed E-state index contributed by atoms with van der Waals surface area (Å²) < 4.78 is 1.70. The highest BCUT2D eigenvalue weighted by atomic mass is 16.4. The average Bonchev–Trinajstić information content (AvgIpc) is 2.82. The van der Waals surface area contributed by atoms with Gasteiger partial charge in [0.2, 0.25) is 0 Å². The summed E-state index contributed by atoms with van der Waals surface area (Å²) in [5, 5.41) is 18.0. The van der Waals surface area contributed by atoms with Crippen molar-refractivity contribution in [3.63, 3.8) is 0 Å². The zero-order valence-electron chi connectivity index (χ0n) is 10.3. The number of nitrogens with one attached hydrogen (secondary N) is 2. The molecule has 1 heterocycles. The molecule has 0 bridgehead atoms. The fraction of sp³-hybridized carbons (Fsp3) is 0.545. The molecule has 0 aliphatic rings. The zero-order chi connectivity index (χ0) is 13.4. The van der Waals surface area contributed by atoms with Crippen LogP contribution in [-0.4, -0.2) is 40.0 Å². The van der Waals surface area contributed by atoms with Gasteiger partial charge in [0.05, 0.1) is 12.5 Å². The average molecular weight is 254 g/mol. The molecule has 0 saturated heterocycles. The van der Waals surface area contributed by atoms with Crippen LogP contribution in [0.2, 0.25) is 0 Å². The van der Waals surface area contributed by atoms with E-state index in [-0.39, 0.29) is 12.6 Å². The number of carbonyl (C=O) groups is 2. The normalized spacial score (nSPS) is 11.8. The second kappa shape index (κ2) is 7.31. The van der Waals surface area contributed by atoms with Gasteiger partial charge in [-0.1, -0.05) is 6.92 Å². The Balaban J connectivity index is 2.15. The minimum absolute atomic E-state index is 0.138. The lowest BCUT2D eigenvalue weighted by atomic mass is 10.1. The van der Waals surface area contributed by atoms with Gasteiger partial charge in [-0.2, -0.15) is 5.10 Å². The SMILES string of the molecule is CCC(CNC(=O)NCCn1cccn1)C(=O)O. The molecule has 1 atom stereocenters. The van der Waals surface area contributed by atoms with Crippen LogP contribution < -0.4 is 10.6 Å². The molecular weight excluding hydrogens is 236 g/mol. The number of amides is 2. The maximum Gasteiger partial charge on any atom is 0.314 e. The highest BCUT2D eigenvalue weighted by molar-refractivity contribution is 5.75. The van der Waals surface area contributed by atoms with Crippen molar-refractivity contribution in [2.24, 2.45) is 5.92 Å². The minimum Gasteiger partial charge on any atom is -0.481 e. The number of carboxylic acids is 1. The van der Waals surface area contributed by atoms with Crippen molar-refractivity contribution in [3.8, 4) is 0 Å². The van der Waals surface area contributed by atoms with E-state index >= 15 is 0 Å². The molecule has 0 aromatic carbocycles. The smallest absolute Gasteiger partial charge is 0.314 e. The molecule has 1 unspecified atom stereocenters. The molecule has 0 saturated carbocycles. The van der Waals surface area contributed by atoms with Crippen molar-refractivity contribution in [1.29, 1.82) is 0 Å². The molecule has 0 aliphatic carbocycles. The summed E-state index contributed by atoms with van der Waals surface area (Å²) in [6, 6.07) is 1.44. The molecule has 1 aromatic heterocycles. The lowest BCUT2D eigenvalue weighted by molar-refractivity contribution is -0.141. The van der Waals surface area contributed by atoms with Crippen molar-refractivity contribution >= 4 is 12.0 Å². The van der Waals surface area contributed by atoms with Gasteiger partial charge >= 0.3 is 12.0 Å². The molecule has 7 nitrogen and oxygen atoms in total. The standard InChI is InChI=1S/C11H18N4O3/c1-2-9(10(16)17)8-13-11(18)12-5-7-15-6-3-4-14-15/h3-4,6,9H,2,5,7-8H2,1H3,(H,16,17)(H2,12,13,18). The van der Waals surface area contributed by atoms with Crippen LogP contribution in [0.15, 0.2) is 18.5 Å². The first-order chi connectivity index (χ1) is 8.63. The highest BCUT2D eigenvalue weighted by Gasteiger charge is 2.15. The van der Waals surface area contributed by atoms with Crippen LogP contribution in [0.3, 0.4) is 0 Å². The summed E-state index contributed by atoms with van der Waals surface area (Å²) in [4.78, 5) is 22.1. The van der Waals surface area contributed by atoms with E-state index in [9.17, 15) is 9.59 Å². The molecule has 0 fully saturated rings. The number of aliphatic carboxylic acids is 1. The summed E-state index contributed by atoms with van der Waals surface area (Å²) in [6.45, 7) is 2.93. The summed E-state index contributed by atoms with van der Waals surface area (Å²) in [6.07, 6.45) is 3.96. The van der Waals surface area contributed by atoms with Gasteiger partial charge in [0.1, 0.15) is 0 Å². The van der Waals surface area contributed by atoms with Crippen molar-refractivity contribution in [2.45, 2.75) is 19.9 Å². The molecule has 2 amide bonds. The van der Waals surface area contributed by atoms with E-state index in [0.29, 0.717) is 19.5 Å². The van der Waals surface area contributed by atoms with E-state index < -0.39 is 11.9 Å². The van der Waals surface area contributed by atoms with Gasteiger partial charge in [0, 0.05) is 25.5 Å². The quantitative estimate of drug-likeness (QED) is 0.651. The molecule has 1 aromatic rings. The van der Waals surface area contributed by atoms with Gasteiger partial charge in [0.25, 0.3) is 0 Å². The second-order valence-corrected chi connectivity index (χ2v) is 3.85. The third-order valence-electron chi connectivity index (χ3n) is 2.54. The number of hydrogen-bond acceptors (Lipinski definition) is 3. The van der Waals surface area contributed by atoms with Crippen molar-refractivity contribution < 1.29 is 14.7 Å². The van der Waals surface area contributed by atoms with Gasteiger partial charge in [-0.05, 0) is 12.5 Å². The fourth-order valence-corrected chi connectivity index (χ4v) is 1.40. The molecule has 0 spiro atoms. The van der Waals surface area contributed by atoms with Crippen molar-refractivity contribution in [2.75, 3.05) is 13.1 Å². The number of carbonyl (C=O) groups excluding carboxylic acids is 1. The van der Waals surface area contributed by atoms with Gasteiger partial charge in [-0.25, -0.2) is 4.79 Å². The maximum atomic E-state index is 11.4. The highest BCUT2D eigenvalue weighted by Crippen LogP contribution is 1.99. The first kappa shape index (κ1) is 14.0. The maximum absolute atomic E-state index is 11.4. The van der Waals surface area contributed by atoms with Crippen LogP contribution in [0.4, 0.5) is 4.79 Å². The third-order valence-corrected chi connectivity index (χ3v) is 2.54. The Morgan fingerprint density at radius 1 is 1.44 bits per heavy atom. The van der Waals surface area contributed by atoms with E-state index in [1.807, 2.05) is 0 Å². The fourth-order valence-electron chi connectivity index (χ4n) is 1.40. The molecule has 7 heteroatoms. The molecule has 3 N–H and O–H groups in total. The third kappa shape index (κ3) is 4.86. The Morgan fingerprint density at radius 3 is 2.78 bits per heavy atom. The Morgan fingerprint density at radius 2 is 2.22 bits per heavy atom. The van der Waals surface area contributed by atoms with E-state index in [1.165, 1.54) is 0 Å². The number of carboxylic acid groups (broad SMARTS) is 1. The summed E-state index contributed by atoms with van der Waals surface area (Å²) in [5.74, 6) is -1.43. The van der Waals surface area contributed by atoms with Gasteiger partial charge in [0.15, 0.2) is 0 Å². The van der Waals surface area contributed by atoms with Crippen molar-refractivity contribution in [1.82, 2.24) is 20.4 Å². The van der Waals surface area contributed by atoms with Crippen LogP contribution in [0, 0.1) is 5.92 Å². The number of rotatable bonds is 7. The Bertz CT molecular complexity index is 378. The van der Waals surface area contributed by atoms with E-state index in [0.717, 1.165) is 0 Å². The van der Waals surface area contributed by atoms with Crippen molar-refractivity contribution in [3.05, 3.63) is 18.5 Å². The zero-order valence-corrected chi connectivity index (χ0v) is 10.3. The topological polar surface area (TPSA) is 96.3 Å². The Labute approximate surface area is 105 Å². The lowest BCUT2D eigenvalue weighted by Crippen LogP contribution is -2.40. The van der Waals surface area contributed by atoms with Gasteiger partial charge in [-0.3, -0.25) is 9.48 Å². The van der Waals surface area contributed by atoms with Gasteiger partial charge in [-0.15, -0.1) is 0 Å². The molecule has 1 rings (SSSR count). The van der Waals surface area contributed by atoms with Crippen LogP contribution in [-0.2, 0) is 11.3 Å². The molecule has 0 radical (unpaired) electrons. The van der Waals surface area contributed by atoms with Crippen LogP contribution in [0.25, 0.3) is 0 Å². The van der Waals surface area contributed by atoms with Crippen LogP contribution >= 0.6 is 0 Å². The van der Waals surface area contributed by atoms with Crippen LogP contribution in [0.5, 0.6) is 0 Å². The monoisotopic (exact) mass is 254 g/mol. The lowest BCUT2D eigenvalue weighted by Gasteiger charge is -2.11. The Kier molecular flexibility index (Phi) is 5.69. The minimum atomic E-state index is -0.894. The summed E-state index contributed by atoms with van der Waals surface area (Å²) in [7, 11) is 0.